The maximum Gasteiger partial charge on any atom is 0.234 e. The molecule has 3 fully saturated rings. The lowest BCUT2D eigenvalue weighted by atomic mass is 10.2. The number of likely N-dealkylation sites (tertiary alicyclic amines) is 1. The molecule has 1 atom stereocenters. The summed E-state index contributed by atoms with van der Waals surface area (Å²) in [5.74, 6) is 0.250. The third-order valence-corrected chi connectivity index (χ3v) is 4.83. The fraction of sp³-hybridized carbons (Fsp3) is 0.941. The first kappa shape index (κ1) is 18.1. The second-order valence-corrected chi connectivity index (χ2v) is 7.52. The number of hydrogen-bond acceptors (Lipinski definition) is 6. The van der Waals surface area contributed by atoms with Gasteiger partial charge in [0, 0.05) is 39.1 Å². The molecule has 24 heavy (non-hydrogen) atoms. The van der Waals surface area contributed by atoms with Crippen molar-refractivity contribution in [2.24, 2.45) is 5.92 Å². The Bertz CT molecular complexity index is 426. The van der Waals surface area contributed by atoms with Gasteiger partial charge < -0.3 is 19.5 Å². The molecule has 3 rings (SSSR count). The summed E-state index contributed by atoms with van der Waals surface area (Å²) in [6, 6.07) is 0. The van der Waals surface area contributed by atoms with Crippen molar-refractivity contribution in [1.82, 2.24) is 15.1 Å². The van der Waals surface area contributed by atoms with Crippen molar-refractivity contribution in [3.63, 3.8) is 0 Å². The minimum absolute atomic E-state index is 0.0506. The number of nitrogens with zero attached hydrogens (tertiary/aromatic N) is 2. The molecule has 0 unspecified atom stereocenters. The highest BCUT2D eigenvalue weighted by molar-refractivity contribution is 5.78. The Balaban J connectivity index is 1.35. The van der Waals surface area contributed by atoms with E-state index >= 15 is 0 Å². The lowest BCUT2D eigenvalue weighted by molar-refractivity contribution is -0.146. The zero-order chi connectivity index (χ0) is 17.0. The predicted octanol–water partition coefficient (Wildman–Crippen LogP) is -0.0918. The Hall–Kier alpha value is -0.730. The SMILES string of the molecule is CC(C)CN1CCO[C@H](CNC(=O)CN2CCC3(C2)OCCO3)C1. The molecule has 3 aliphatic rings. The van der Waals surface area contributed by atoms with Crippen LogP contribution in [0.2, 0.25) is 0 Å². The molecule has 3 saturated heterocycles. The minimum atomic E-state index is -0.454. The molecule has 0 aromatic heterocycles. The van der Waals surface area contributed by atoms with Gasteiger partial charge in [-0.2, -0.15) is 0 Å². The van der Waals surface area contributed by atoms with Gasteiger partial charge in [-0.15, -0.1) is 0 Å². The van der Waals surface area contributed by atoms with Gasteiger partial charge in [-0.1, -0.05) is 13.8 Å². The van der Waals surface area contributed by atoms with E-state index in [2.05, 4.69) is 29.0 Å². The van der Waals surface area contributed by atoms with Crippen LogP contribution in [0.15, 0.2) is 0 Å². The van der Waals surface area contributed by atoms with Gasteiger partial charge in [-0.25, -0.2) is 0 Å². The normalized spacial score (nSPS) is 28.0. The number of carbonyl (C=O) groups is 1. The van der Waals surface area contributed by atoms with Crippen molar-refractivity contribution in [2.45, 2.75) is 32.2 Å². The molecule has 1 amide bonds. The standard InChI is InChI=1S/C17H31N3O4/c1-14(2)10-19-5-6-22-15(11-19)9-18-16(21)12-20-4-3-17(13-20)23-7-8-24-17/h14-15H,3-13H2,1-2H3,(H,18,21)/t15-/m1/s1. The summed E-state index contributed by atoms with van der Waals surface area (Å²) in [5.41, 5.74) is 0. The Morgan fingerprint density at radius 3 is 2.75 bits per heavy atom. The first-order valence-corrected chi connectivity index (χ1v) is 9.16. The Morgan fingerprint density at radius 2 is 2.00 bits per heavy atom. The largest absolute Gasteiger partial charge is 0.374 e. The molecule has 0 radical (unpaired) electrons. The first-order valence-electron chi connectivity index (χ1n) is 9.16. The van der Waals surface area contributed by atoms with Crippen LogP contribution in [0, 0.1) is 5.92 Å². The lowest BCUT2D eigenvalue weighted by Crippen LogP contribution is -2.49. The second kappa shape index (κ2) is 8.10. The van der Waals surface area contributed by atoms with Crippen molar-refractivity contribution in [3.05, 3.63) is 0 Å². The van der Waals surface area contributed by atoms with Gasteiger partial charge in [-0.3, -0.25) is 14.6 Å². The molecule has 0 saturated carbocycles. The highest BCUT2D eigenvalue weighted by Crippen LogP contribution is 2.29. The molecule has 1 spiro atoms. The zero-order valence-electron chi connectivity index (χ0n) is 15.0. The molecular formula is C17H31N3O4. The quantitative estimate of drug-likeness (QED) is 0.728. The van der Waals surface area contributed by atoms with Crippen LogP contribution in [0.3, 0.4) is 0 Å². The van der Waals surface area contributed by atoms with E-state index in [1.54, 1.807) is 0 Å². The van der Waals surface area contributed by atoms with E-state index in [-0.39, 0.29) is 12.0 Å². The second-order valence-electron chi connectivity index (χ2n) is 7.52. The number of carbonyl (C=O) groups excluding carboxylic acids is 1. The molecule has 7 heteroatoms. The van der Waals surface area contributed by atoms with E-state index in [9.17, 15) is 4.79 Å². The van der Waals surface area contributed by atoms with Crippen LogP contribution in [0.4, 0.5) is 0 Å². The highest BCUT2D eigenvalue weighted by atomic mass is 16.7. The Morgan fingerprint density at radius 1 is 1.21 bits per heavy atom. The number of morpholine rings is 1. The molecule has 0 bridgehead atoms. The molecule has 138 valence electrons. The lowest BCUT2D eigenvalue weighted by Gasteiger charge is -2.34. The smallest absolute Gasteiger partial charge is 0.234 e. The molecule has 7 nitrogen and oxygen atoms in total. The fourth-order valence-corrected chi connectivity index (χ4v) is 3.77. The van der Waals surface area contributed by atoms with Gasteiger partial charge >= 0.3 is 0 Å². The van der Waals surface area contributed by atoms with Gasteiger partial charge in [0.25, 0.3) is 0 Å². The summed E-state index contributed by atoms with van der Waals surface area (Å²) in [6.45, 7) is 12.0. The van der Waals surface area contributed by atoms with Gasteiger partial charge in [0.05, 0.1) is 39.0 Å². The number of ether oxygens (including phenoxy) is 3. The maximum atomic E-state index is 12.2. The number of hydrogen-bond donors (Lipinski definition) is 1. The molecule has 1 N–H and O–H groups in total. The van der Waals surface area contributed by atoms with E-state index in [1.165, 1.54) is 0 Å². The van der Waals surface area contributed by atoms with Crippen LogP contribution in [0.5, 0.6) is 0 Å². The summed E-state index contributed by atoms with van der Waals surface area (Å²) < 4.78 is 17.2. The van der Waals surface area contributed by atoms with Crippen LogP contribution >= 0.6 is 0 Å². The third kappa shape index (κ3) is 4.89. The zero-order valence-corrected chi connectivity index (χ0v) is 15.0. The summed E-state index contributed by atoms with van der Waals surface area (Å²) in [7, 11) is 0. The first-order chi connectivity index (χ1) is 11.5. The number of amides is 1. The monoisotopic (exact) mass is 341 g/mol. The van der Waals surface area contributed by atoms with E-state index in [0.717, 1.165) is 39.2 Å². The topological polar surface area (TPSA) is 63.3 Å². The van der Waals surface area contributed by atoms with Gasteiger partial charge in [0.2, 0.25) is 5.91 Å². The van der Waals surface area contributed by atoms with Crippen molar-refractivity contribution < 1.29 is 19.0 Å². The van der Waals surface area contributed by atoms with Crippen LogP contribution in [-0.2, 0) is 19.0 Å². The van der Waals surface area contributed by atoms with Crippen LogP contribution in [0.25, 0.3) is 0 Å². The van der Waals surface area contributed by atoms with E-state index in [4.69, 9.17) is 14.2 Å². The van der Waals surface area contributed by atoms with Crippen molar-refractivity contribution >= 4 is 5.91 Å². The summed E-state index contributed by atoms with van der Waals surface area (Å²) in [6.07, 6.45) is 0.934. The van der Waals surface area contributed by atoms with Crippen molar-refractivity contribution in [2.75, 3.05) is 65.6 Å². The van der Waals surface area contributed by atoms with E-state index in [0.29, 0.717) is 38.8 Å². The average Bonchev–Trinajstić information content (AvgIpc) is 3.15. The number of rotatable bonds is 6. The molecule has 0 aliphatic carbocycles. The summed E-state index contributed by atoms with van der Waals surface area (Å²) >= 11 is 0. The van der Waals surface area contributed by atoms with Crippen LogP contribution < -0.4 is 5.32 Å². The Kier molecular flexibility index (Phi) is 6.10. The predicted molar refractivity (Wildman–Crippen MR) is 89.7 cm³/mol. The third-order valence-electron chi connectivity index (χ3n) is 4.83. The summed E-state index contributed by atoms with van der Waals surface area (Å²) in [5, 5.41) is 3.02. The van der Waals surface area contributed by atoms with Crippen LogP contribution in [-0.4, -0.2) is 93.2 Å². The van der Waals surface area contributed by atoms with E-state index < -0.39 is 5.79 Å². The molecule has 0 aromatic carbocycles. The average molecular weight is 341 g/mol. The number of nitrogens with one attached hydrogen (secondary N) is 1. The summed E-state index contributed by atoms with van der Waals surface area (Å²) in [4.78, 5) is 16.7. The Labute approximate surface area is 144 Å². The van der Waals surface area contributed by atoms with Gasteiger partial charge in [0.15, 0.2) is 5.79 Å². The molecular weight excluding hydrogens is 310 g/mol. The van der Waals surface area contributed by atoms with Gasteiger partial charge in [-0.05, 0) is 5.92 Å². The van der Waals surface area contributed by atoms with Crippen molar-refractivity contribution in [1.29, 1.82) is 0 Å². The minimum Gasteiger partial charge on any atom is -0.374 e. The molecule has 0 aromatic rings. The van der Waals surface area contributed by atoms with Crippen LogP contribution in [0.1, 0.15) is 20.3 Å². The molecule has 3 heterocycles. The van der Waals surface area contributed by atoms with Gasteiger partial charge in [0.1, 0.15) is 0 Å². The van der Waals surface area contributed by atoms with E-state index in [1.807, 2.05) is 0 Å². The highest BCUT2D eigenvalue weighted by Gasteiger charge is 2.43. The maximum absolute atomic E-state index is 12.2. The fourth-order valence-electron chi connectivity index (χ4n) is 3.77. The van der Waals surface area contributed by atoms with Crippen molar-refractivity contribution in [3.8, 4) is 0 Å². The molecule has 3 aliphatic heterocycles.